The number of esters is 1. The summed E-state index contributed by atoms with van der Waals surface area (Å²) in [5.74, 6) is -0.578. The number of aryl methyl sites for hydroxylation is 1. The molecule has 0 radical (unpaired) electrons. The normalized spacial score (nSPS) is 12.6. The Kier molecular flexibility index (Phi) is 10.6. The van der Waals surface area contributed by atoms with Crippen molar-refractivity contribution in [3.05, 3.63) is 82.2 Å². The van der Waals surface area contributed by atoms with Crippen LogP contribution in [0, 0.1) is 5.82 Å². The lowest BCUT2D eigenvalue weighted by molar-refractivity contribution is -0.123. The average Bonchev–Trinajstić information content (AvgIpc) is 3.51. The minimum absolute atomic E-state index is 0.0256. The largest absolute Gasteiger partial charge is 0.484 e. The molecule has 0 unspecified atom stereocenters. The molecule has 4 aromatic rings. The van der Waals surface area contributed by atoms with E-state index in [1.165, 1.54) is 23.5 Å². The second kappa shape index (κ2) is 15.0. The number of nitrogens with zero attached hydrogens (tertiary/aromatic N) is 3. The van der Waals surface area contributed by atoms with Gasteiger partial charge in [0.05, 0.1) is 24.5 Å². The van der Waals surface area contributed by atoms with E-state index in [1.807, 2.05) is 18.2 Å². The van der Waals surface area contributed by atoms with Gasteiger partial charge in [0.1, 0.15) is 16.6 Å². The van der Waals surface area contributed by atoms with Gasteiger partial charge in [0, 0.05) is 10.6 Å². The number of carbonyl (C=O) groups excluding carboxylic acids is 3. The number of aromatic nitrogens is 3. The topological polar surface area (TPSA) is 124 Å². The van der Waals surface area contributed by atoms with Crippen molar-refractivity contribution in [2.45, 2.75) is 50.7 Å². The molecule has 0 spiro atoms. The molecule has 1 aliphatic rings. The van der Waals surface area contributed by atoms with Crippen LogP contribution in [0.4, 0.5) is 9.39 Å². The minimum Gasteiger partial charge on any atom is -0.484 e. The Morgan fingerprint density at radius 2 is 1.77 bits per heavy atom. The van der Waals surface area contributed by atoms with Crippen LogP contribution in [-0.4, -0.2) is 51.5 Å². The van der Waals surface area contributed by atoms with Crippen molar-refractivity contribution in [1.29, 1.82) is 0 Å². The maximum atomic E-state index is 13.7. The molecule has 13 heteroatoms. The maximum Gasteiger partial charge on any atom is 0.341 e. The van der Waals surface area contributed by atoms with Crippen LogP contribution < -0.4 is 15.4 Å². The smallest absolute Gasteiger partial charge is 0.341 e. The first kappa shape index (κ1) is 31.2. The van der Waals surface area contributed by atoms with Crippen molar-refractivity contribution < 1.29 is 28.2 Å². The van der Waals surface area contributed by atoms with Gasteiger partial charge in [-0.1, -0.05) is 36.4 Å². The zero-order chi connectivity index (χ0) is 30.9. The molecule has 0 atom stereocenters. The van der Waals surface area contributed by atoms with E-state index in [1.54, 1.807) is 35.8 Å². The van der Waals surface area contributed by atoms with Gasteiger partial charge in [0.15, 0.2) is 17.6 Å². The average molecular weight is 638 g/mol. The second-order valence-corrected chi connectivity index (χ2v) is 12.0. The lowest BCUT2D eigenvalue weighted by atomic mass is 10.1. The van der Waals surface area contributed by atoms with E-state index in [4.69, 9.17) is 9.47 Å². The Balaban J connectivity index is 1.28. The lowest BCUT2D eigenvalue weighted by Gasteiger charge is -2.12. The number of amides is 2. The third kappa shape index (κ3) is 7.83. The van der Waals surface area contributed by atoms with Gasteiger partial charge in [-0.3, -0.25) is 14.2 Å². The zero-order valence-corrected chi connectivity index (χ0v) is 25.8. The molecule has 0 fully saturated rings. The summed E-state index contributed by atoms with van der Waals surface area (Å²) in [4.78, 5) is 39.6. The van der Waals surface area contributed by atoms with Gasteiger partial charge in [-0.25, -0.2) is 9.18 Å². The van der Waals surface area contributed by atoms with E-state index in [0.29, 0.717) is 33.0 Å². The molecule has 10 nitrogen and oxygen atoms in total. The number of anilines is 1. The quantitative estimate of drug-likeness (QED) is 0.121. The first-order chi connectivity index (χ1) is 21.4. The van der Waals surface area contributed by atoms with Gasteiger partial charge in [-0.05, 0) is 74.6 Å². The molecule has 2 heterocycles. The summed E-state index contributed by atoms with van der Waals surface area (Å²) in [6.07, 6.45) is 4.78. The SMILES string of the molecule is CCOC(=O)c1c(NC(=O)CSc2nnc(CNC(=O)COc3ccccc3)n2-c2ccc(F)cc2)sc2c1CCCCC2. The van der Waals surface area contributed by atoms with E-state index >= 15 is 0 Å². The molecule has 44 heavy (non-hydrogen) atoms. The molecular weight excluding hydrogens is 606 g/mol. The first-order valence-electron chi connectivity index (χ1n) is 14.3. The van der Waals surface area contributed by atoms with Crippen LogP contribution in [-0.2, 0) is 33.7 Å². The fraction of sp³-hybridized carbons (Fsp3) is 0.323. The Hall–Kier alpha value is -4.23. The predicted octanol–water partition coefficient (Wildman–Crippen LogP) is 5.34. The Morgan fingerprint density at radius 3 is 2.55 bits per heavy atom. The van der Waals surface area contributed by atoms with E-state index in [9.17, 15) is 18.8 Å². The van der Waals surface area contributed by atoms with E-state index in [0.717, 1.165) is 54.3 Å². The molecule has 2 N–H and O–H groups in total. The summed E-state index contributed by atoms with van der Waals surface area (Å²) in [5, 5.41) is 15.0. The highest BCUT2D eigenvalue weighted by Crippen LogP contribution is 2.38. The van der Waals surface area contributed by atoms with E-state index in [-0.39, 0.29) is 37.3 Å². The number of para-hydroxylation sites is 1. The van der Waals surface area contributed by atoms with Crippen LogP contribution in [0.2, 0.25) is 0 Å². The van der Waals surface area contributed by atoms with Gasteiger partial charge in [0.2, 0.25) is 5.91 Å². The summed E-state index contributed by atoms with van der Waals surface area (Å²) in [7, 11) is 0. The number of hydrogen-bond donors (Lipinski definition) is 2. The van der Waals surface area contributed by atoms with E-state index < -0.39 is 11.8 Å². The molecule has 0 saturated carbocycles. The highest BCUT2D eigenvalue weighted by Gasteiger charge is 2.27. The van der Waals surface area contributed by atoms with Crippen molar-refractivity contribution in [3.8, 4) is 11.4 Å². The van der Waals surface area contributed by atoms with Gasteiger partial charge >= 0.3 is 5.97 Å². The fourth-order valence-corrected chi connectivity index (χ4v) is 6.86. The van der Waals surface area contributed by atoms with Gasteiger partial charge in [0.25, 0.3) is 5.91 Å². The van der Waals surface area contributed by atoms with Gasteiger partial charge in [-0.15, -0.1) is 21.5 Å². The molecule has 2 aromatic carbocycles. The molecule has 230 valence electrons. The number of carbonyl (C=O) groups is 3. The van der Waals surface area contributed by atoms with Crippen LogP contribution in [0.25, 0.3) is 5.69 Å². The van der Waals surface area contributed by atoms with Crippen LogP contribution >= 0.6 is 23.1 Å². The fourth-order valence-electron chi connectivity index (χ4n) is 4.79. The summed E-state index contributed by atoms with van der Waals surface area (Å²) in [6.45, 7) is 1.84. The molecule has 0 aliphatic heterocycles. The third-order valence-electron chi connectivity index (χ3n) is 6.83. The Bertz CT molecular complexity index is 1610. The third-order valence-corrected chi connectivity index (χ3v) is 8.96. The van der Waals surface area contributed by atoms with Gasteiger partial charge in [-0.2, -0.15) is 0 Å². The van der Waals surface area contributed by atoms with E-state index in [2.05, 4.69) is 20.8 Å². The number of halogens is 1. The number of fused-ring (bicyclic) bond motifs is 1. The highest BCUT2D eigenvalue weighted by molar-refractivity contribution is 7.99. The second-order valence-electron chi connectivity index (χ2n) is 9.91. The Morgan fingerprint density at radius 1 is 1.00 bits per heavy atom. The predicted molar refractivity (Wildman–Crippen MR) is 166 cm³/mol. The summed E-state index contributed by atoms with van der Waals surface area (Å²) < 4.78 is 26.2. The standard InChI is InChI=1S/C31H32FN5O5S2/c1-2-41-30(40)28-23-11-7-4-8-12-24(23)44-29(28)34-27(39)19-43-31-36-35-25(37(31)21-15-13-20(32)14-16-21)17-33-26(38)18-42-22-9-5-3-6-10-22/h3,5-6,9-10,13-16H,2,4,7-8,11-12,17-19H2,1H3,(H,33,38)(H,34,39). The van der Waals surface area contributed by atoms with Crippen LogP contribution in [0.1, 0.15) is 52.8 Å². The Labute approximate surface area is 262 Å². The number of thiophene rings is 1. The maximum absolute atomic E-state index is 13.7. The highest BCUT2D eigenvalue weighted by atomic mass is 32.2. The monoisotopic (exact) mass is 637 g/mol. The number of rotatable bonds is 12. The lowest BCUT2D eigenvalue weighted by Crippen LogP contribution is -2.29. The molecule has 2 amide bonds. The van der Waals surface area contributed by atoms with Crippen molar-refractivity contribution in [2.75, 3.05) is 24.3 Å². The molecule has 1 aliphatic carbocycles. The number of thioether (sulfide) groups is 1. The van der Waals surface area contributed by atoms with Crippen LogP contribution in [0.15, 0.2) is 59.8 Å². The molecule has 5 rings (SSSR count). The summed E-state index contributed by atoms with van der Waals surface area (Å²) in [6, 6.07) is 14.7. The first-order valence-corrected chi connectivity index (χ1v) is 16.1. The molecule has 0 bridgehead atoms. The molecule has 2 aromatic heterocycles. The number of nitrogens with one attached hydrogen (secondary N) is 2. The molecular formula is C31H32FN5O5S2. The van der Waals surface area contributed by atoms with Crippen LogP contribution in [0.5, 0.6) is 5.75 Å². The number of ether oxygens (including phenoxy) is 2. The minimum atomic E-state index is -0.424. The van der Waals surface area contributed by atoms with Crippen molar-refractivity contribution in [3.63, 3.8) is 0 Å². The molecule has 0 saturated heterocycles. The van der Waals surface area contributed by atoms with Crippen molar-refractivity contribution in [1.82, 2.24) is 20.1 Å². The number of hydrogen-bond acceptors (Lipinski definition) is 9. The van der Waals surface area contributed by atoms with Gasteiger partial charge < -0.3 is 20.1 Å². The number of benzene rings is 2. The zero-order valence-electron chi connectivity index (χ0n) is 24.1. The summed E-state index contributed by atoms with van der Waals surface area (Å²) in [5.41, 5.74) is 2.00. The summed E-state index contributed by atoms with van der Waals surface area (Å²) >= 11 is 2.57. The van der Waals surface area contributed by atoms with Crippen molar-refractivity contribution in [2.24, 2.45) is 0 Å². The van der Waals surface area contributed by atoms with Crippen LogP contribution in [0.3, 0.4) is 0 Å². The van der Waals surface area contributed by atoms with Crippen molar-refractivity contribution >= 4 is 45.9 Å².